The van der Waals surface area contributed by atoms with E-state index in [4.69, 9.17) is 9.47 Å². The monoisotopic (exact) mass is 583 g/mol. The van der Waals surface area contributed by atoms with E-state index in [-0.39, 0.29) is 27.5 Å². The Morgan fingerprint density at radius 2 is 1.80 bits per heavy atom. The van der Waals surface area contributed by atoms with Crippen molar-refractivity contribution in [1.82, 2.24) is 10.2 Å². The maximum absolute atomic E-state index is 15.4. The van der Waals surface area contributed by atoms with Gasteiger partial charge < -0.3 is 19.9 Å². The minimum atomic E-state index is -4.97. The number of halogens is 4. The van der Waals surface area contributed by atoms with Crippen LogP contribution in [-0.2, 0) is 21.6 Å². The van der Waals surface area contributed by atoms with E-state index in [1.165, 1.54) is 31.2 Å². The molecule has 1 fully saturated rings. The molecular formula is C26H25F4N3O6S. The molecule has 1 aliphatic carbocycles. The highest BCUT2D eigenvalue weighted by molar-refractivity contribution is 7.90. The third-order valence-corrected chi connectivity index (χ3v) is 7.76. The Bertz CT molecular complexity index is 1600. The molecule has 14 heteroatoms. The molecule has 0 aliphatic heterocycles. The van der Waals surface area contributed by atoms with E-state index >= 15 is 4.39 Å². The van der Waals surface area contributed by atoms with E-state index in [1.807, 2.05) is 0 Å². The molecule has 0 atom stereocenters. The number of alkyl halides is 3. The average Bonchev–Trinajstić information content (AvgIpc) is 2.83. The Labute approximate surface area is 227 Å². The Balaban J connectivity index is 1.82. The molecular weight excluding hydrogens is 558 g/mol. The molecule has 1 heterocycles. The van der Waals surface area contributed by atoms with Crippen LogP contribution in [0.3, 0.4) is 0 Å². The Kier molecular flexibility index (Phi) is 7.54. The van der Waals surface area contributed by atoms with Crippen LogP contribution in [0.15, 0.2) is 35.2 Å². The minimum absolute atomic E-state index is 0.0149. The van der Waals surface area contributed by atoms with Crippen molar-refractivity contribution in [1.29, 1.82) is 0 Å². The molecule has 4 rings (SSSR count). The molecule has 40 heavy (non-hydrogen) atoms. The molecule has 1 amide bonds. The van der Waals surface area contributed by atoms with Gasteiger partial charge in [0.2, 0.25) is 0 Å². The first kappa shape index (κ1) is 29.2. The number of carbonyl (C=O) groups is 1. The number of carbonyl (C=O) groups excluding carboxylic acids is 1. The SMILES string of the molecule is COc1c(F)c(C2(O)CCC2)cc(C)c1Oc1nnc(C(F)(F)F)c(C)c1C(=O)Nc1cccc(S(C)(=O)=O)c1. The first-order valence-electron chi connectivity index (χ1n) is 11.9. The van der Waals surface area contributed by atoms with E-state index in [0.717, 1.165) is 26.4 Å². The highest BCUT2D eigenvalue weighted by Crippen LogP contribution is 2.48. The number of nitrogens with one attached hydrogen (secondary N) is 1. The summed E-state index contributed by atoms with van der Waals surface area (Å²) >= 11 is 0. The van der Waals surface area contributed by atoms with Crippen LogP contribution in [0, 0.1) is 19.7 Å². The van der Waals surface area contributed by atoms with Gasteiger partial charge in [-0.1, -0.05) is 6.07 Å². The van der Waals surface area contributed by atoms with Gasteiger partial charge in [-0.25, -0.2) is 12.8 Å². The summed E-state index contributed by atoms with van der Waals surface area (Å²) in [7, 11) is -2.51. The van der Waals surface area contributed by atoms with Crippen molar-refractivity contribution in [2.75, 3.05) is 18.7 Å². The average molecular weight is 584 g/mol. The lowest BCUT2D eigenvalue weighted by Crippen LogP contribution is -2.34. The zero-order valence-electron chi connectivity index (χ0n) is 21.8. The van der Waals surface area contributed by atoms with Crippen LogP contribution < -0.4 is 14.8 Å². The number of methoxy groups -OCH3 is 1. The molecule has 0 unspecified atom stereocenters. The second-order valence-electron chi connectivity index (χ2n) is 9.51. The van der Waals surface area contributed by atoms with Gasteiger partial charge in [-0.3, -0.25) is 4.79 Å². The summed E-state index contributed by atoms with van der Waals surface area (Å²) in [4.78, 5) is 13.2. The lowest BCUT2D eigenvalue weighted by atomic mass is 9.74. The number of rotatable bonds is 7. The van der Waals surface area contributed by atoms with Gasteiger partial charge in [-0.2, -0.15) is 13.2 Å². The van der Waals surface area contributed by atoms with Crippen molar-refractivity contribution >= 4 is 21.4 Å². The van der Waals surface area contributed by atoms with Gasteiger partial charge >= 0.3 is 6.18 Å². The second kappa shape index (κ2) is 10.3. The molecule has 0 bridgehead atoms. The number of aryl methyl sites for hydroxylation is 1. The molecule has 1 saturated carbocycles. The molecule has 1 aliphatic rings. The molecule has 3 aromatic rings. The van der Waals surface area contributed by atoms with Crippen molar-refractivity contribution in [2.45, 2.75) is 49.8 Å². The lowest BCUT2D eigenvalue weighted by molar-refractivity contribution is -0.142. The summed E-state index contributed by atoms with van der Waals surface area (Å²) in [5.74, 6) is -3.45. The van der Waals surface area contributed by atoms with E-state index in [2.05, 4.69) is 15.5 Å². The fourth-order valence-electron chi connectivity index (χ4n) is 4.38. The second-order valence-corrected chi connectivity index (χ2v) is 11.5. The number of hydrogen-bond donors (Lipinski definition) is 2. The quantitative estimate of drug-likeness (QED) is 0.369. The maximum atomic E-state index is 15.4. The molecule has 9 nitrogen and oxygen atoms in total. The zero-order valence-corrected chi connectivity index (χ0v) is 22.6. The van der Waals surface area contributed by atoms with Crippen LogP contribution >= 0.6 is 0 Å². The Hall–Kier alpha value is -3.78. The number of ether oxygens (including phenoxy) is 2. The fourth-order valence-corrected chi connectivity index (χ4v) is 5.04. The highest BCUT2D eigenvalue weighted by atomic mass is 32.2. The van der Waals surface area contributed by atoms with Gasteiger partial charge in [0, 0.05) is 17.5 Å². The summed E-state index contributed by atoms with van der Waals surface area (Å²) in [6.45, 7) is 2.50. The summed E-state index contributed by atoms with van der Waals surface area (Å²) in [5.41, 5.74) is -3.94. The van der Waals surface area contributed by atoms with Crippen LogP contribution in [0.5, 0.6) is 17.4 Å². The van der Waals surface area contributed by atoms with Gasteiger partial charge in [0.15, 0.2) is 32.8 Å². The number of aromatic nitrogens is 2. The van der Waals surface area contributed by atoms with Crippen molar-refractivity contribution in [3.05, 3.63) is 64.1 Å². The molecule has 2 N–H and O–H groups in total. The topological polar surface area (TPSA) is 128 Å². The summed E-state index contributed by atoms with van der Waals surface area (Å²) < 4.78 is 91.1. The predicted molar refractivity (Wildman–Crippen MR) is 135 cm³/mol. The number of hydrogen-bond acceptors (Lipinski definition) is 8. The zero-order chi connectivity index (χ0) is 29.6. The largest absolute Gasteiger partial charge is 0.490 e. The first-order valence-corrected chi connectivity index (χ1v) is 13.8. The first-order chi connectivity index (χ1) is 18.6. The number of nitrogens with zero attached hydrogens (tertiary/aromatic N) is 2. The number of anilines is 1. The maximum Gasteiger partial charge on any atom is 0.435 e. The number of sulfone groups is 1. The van der Waals surface area contributed by atoms with Gasteiger partial charge in [-0.05, 0) is 68.5 Å². The van der Waals surface area contributed by atoms with Gasteiger partial charge in [0.1, 0.15) is 5.56 Å². The van der Waals surface area contributed by atoms with Crippen molar-refractivity contribution < 1.29 is 45.4 Å². The lowest BCUT2D eigenvalue weighted by Gasteiger charge is -2.37. The molecule has 2 aromatic carbocycles. The standard InChI is InChI=1S/C26H25F4N3O6S/c1-13-11-17(25(35)9-6-10-25)19(27)21(38-3)20(13)39-24-18(14(2)22(32-33-24)26(28,29)30)23(34)31-15-7-5-8-16(12-15)40(4,36)37/h5,7-8,11-12,35H,6,9-10H2,1-4H3,(H,31,34). The number of aliphatic hydroxyl groups is 1. The predicted octanol–water partition coefficient (Wildman–Crippen LogP) is 5.08. The Morgan fingerprint density at radius 3 is 2.35 bits per heavy atom. The summed E-state index contributed by atoms with van der Waals surface area (Å²) in [6.07, 6.45) is -2.65. The van der Waals surface area contributed by atoms with Crippen molar-refractivity contribution in [3.8, 4) is 17.4 Å². The third kappa shape index (κ3) is 5.45. The number of benzene rings is 2. The van der Waals surface area contributed by atoms with E-state index in [1.54, 1.807) is 0 Å². The van der Waals surface area contributed by atoms with E-state index in [9.17, 15) is 31.5 Å². The molecule has 0 saturated heterocycles. The number of amides is 1. The Morgan fingerprint density at radius 1 is 1.12 bits per heavy atom. The molecule has 0 spiro atoms. The van der Waals surface area contributed by atoms with Gasteiger partial charge in [0.05, 0.1) is 17.6 Å². The molecule has 214 valence electrons. The van der Waals surface area contributed by atoms with Crippen LogP contribution in [0.25, 0.3) is 0 Å². The molecule has 0 radical (unpaired) electrons. The van der Waals surface area contributed by atoms with Crippen LogP contribution in [0.1, 0.15) is 52.0 Å². The van der Waals surface area contributed by atoms with E-state index < -0.39 is 61.8 Å². The summed E-state index contributed by atoms with van der Waals surface area (Å²) in [5, 5.41) is 19.7. The van der Waals surface area contributed by atoms with Crippen molar-refractivity contribution in [2.24, 2.45) is 0 Å². The normalized spacial score (nSPS) is 14.8. The highest BCUT2D eigenvalue weighted by Gasteiger charge is 2.41. The van der Waals surface area contributed by atoms with Crippen LogP contribution in [0.4, 0.5) is 23.2 Å². The summed E-state index contributed by atoms with van der Waals surface area (Å²) in [6, 6.07) is 6.45. The molecule has 1 aromatic heterocycles. The van der Waals surface area contributed by atoms with Crippen LogP contribution in [0.2, 0.25) is 0 Å². The van der Waals surface area contributed by atoms with Gasteiger partial charge in [-0.15, -0.1) is 10.2 Å². The fraction of sp³-hybridized carbons (Fsp3) is 0.346. The van der Waals surface area contributed by atoms with E-state index in [0.29, 0.717) is 19.3 Å². The third-order valence-electron chi connectivity index (χ3n) is 6.65. The van der Waals surface area contributed by atoms with Gasteiger partial charge in [0.25, 0.3) is 11.8 Å². The van der Waals surface area contributed by atoms with Crippen molar-refractivity contribution in [3.63, 3.8) is 0 Å². The smallest absolute Gasteiger partial charge is 0.435 e. The van der Waals surface area contributed by atoms with Crippen LogP contribution in [-0.4, -0.2) is 43.0 Å². The minimum Gasteiger partial charge on any atom is -0.490 e.